The first kappa shape index (κ1) is 14.4. The maximum Gasteiger partial charge on any atom is 0.220 e. The molecule has 0 heterocycles. The normalized spacial score (nSPS) is 19.1. The number of carbonyl (C=O) groups is 1. The number of hydrogen-bond donors (Lipinski definition) is 1. The van der Waals surface area contributed by atoms with Crippen LogP contribution in [0.5, 0.6) is 0 Å². The van der Waals surface area contributed by atoms with E-state index in [0.717, 1.165) is 5.56 Å². The standard InChI is InChI=1S/C16H22ClNO/c1-16(12-17,14-9-3-2-4-10-14)18-15(19)11-13-7-5-6-8-13/h2-4,9-10,13H,5-8,11-12H2,1H3,(H,18,19). The van der Waals surface area contributed by atoms with Gasteiger partial charge in [-0.15, -0.1) is 11.6 Å². The van der Waals surface area contributed by atoms with Crippen molar-refractivity contribution >= 4 is 17.5 Å². The van der Waals surface area contributed by atoms with Gasteiger partial charge in [-0.2, -0.15) is 0 Å². The molecule has 1 aromatic carbocycles. The number of amides is 1. The highest BCUT2D eigenvalue weighted by atomic mass is 35.5. The van der Waals surface area contributed by atoms with Crippen molar-refractivity contribution in [2.75, 3.05) is 5.88 Å². The molecule has 1 aliphatic carbocycles. The number of nitrogens with one attached hydrogen (secondary N) is 1. The molecule has 1 aromatic rings. The molecule has 2 rings (SSSR count). The second-order valence-corrected chi connectivity index (χ2v) is 6.00. The zero-order valence-corrected chi connectivity index (χ0v) is 12.2. The molecular formula is C16H22ClNO. The van der Waals surface area contributed by atoms with Gasteiger partial charge >= 0.3 is 0 Å². The summed E-state index contributed by atoms with van der Waals surface area (Å²) in [6.07, 6.45) is 5.55. The van der Waals surface area contributed by atoms with Gasteiger partial charge in [0, 0.05) is 12.3 Å². The summed E-state index contributed by atoms with van der Waals surface area (Å²) in [6.45, 7) is 1.99. The third-order valence-corrected chi connectivity index (χ3v) is 4.58. The first-order valence-electron chi connectivity index (χ1n) is 7.06. The average molecular weight is 280 g/mol. The third-order valence-electron chi connectivity index (χ3n) is 4.04. The largest absolute Gasteiger partial charge is 0.346 e. The molecular weight excluding hydrogens is 258 g/mol. The van der Waals surface area contributed by atoms with Crippen LogP contribution in [0.3, 0.4) is 0 Å². The number of rotatable bonds is 5. The Balaban J connectivity index is 1.99. The zero-order chi connectivity index (χ0) is 13.7. The minimum atomic E-state index is -0.474. The monoisotopic (exact) mass is 279 g/mol. The van der Waals surface area contributed by atoms with Crippen LogP contribution in [0.25, 0.3) is 0 Å². The van der Waals surface area contributed by atoms with Gasteiger partial charge in [0.15, 0.2) is 0 Å². The van der Waals surface area contributed by atoms with Gasteiger partial charge in [-0.05, 0) is 31.2 Å². The van der Waals surface area contributed by atoms with Crippen molar-refractivity contribution in [2.24, 2.45) is 5.92 Å². The number of alkyl halides is 1. The Bertz CT molecular complexity index is 414. The van der Waals surface area contributed by atoms with Crippen molar-refractivity contribution < 1.29 is 4.79 Å². The van der Waals surface area contributed by atoms with E-state index in [1.165, 1.54) is 25.7 Å². The highest BCUT2D eigenvalue weighted by Crippen LogP contribution is 2.28. The lowest BCUT2D eigenvalue weighted by atomic mass is 9.93. The Morgan fingerprint density at radius 3 is 2.53 bits per heavy atom. The molecule has 1 saturated carbocycles. The van der Waals surface area contributed by atoms with E-state index in [1.807, 2.05) is 37.3 Å². The van der Waals surface area contributed by atoms with Crippen LogP contribution in [-0.2, 0) is 10.3 Å². The molecule has 1 unspecified atom stereocenters. The van der Waals surface area contributed by atoms with Crippen molar-refractivity contribution in [2.45, 2.75) is 44.6 Å². The molecule has 2 nitrogen and oxygen atoms in total. The topological polar surface area (TPSA) is 29.1 Å². The highest BCUT2D eigenvalue weighted by molar-refractivity contribution is 6.18. The van der Waals surface area contributed by atoms with E-state index in [1.54, 1.807) is 0 Å². The fourth-order valence-electron chi connectivity index (χ4n) is 2.82. The van der Waals surface area contributed by atoms with Crippen molar-refractivity contribution in [1.82, 2.24) is 5.32 Å². The van der Waals surface area contributed by atoms with E-state index >= 15 is 0 Å². The first-order valence-corrected chi connectivity index (χ1v) is 7.60. The first-order chi connectivity index (χ1) is 9.14. The maximum atomic E-state index is 12.2. The van der Waals surface area contributed by atoms with Crippen LogP contribution in [0, 0.1) is 5.92 Å². The molecule has 1 atom stereocenters. The predicted octanol–water partition coefficient (Wildman–Crippen LogP) is 3.84. The molecule has 1 aliphatic rings. The van der Waals surface area contributed by atoms with Crippen LogP contribution < -0.4 is 5.32 Å². The van der Waals surface area contributed by atoms with Gasteiger partial charge in [-0.1, -0.05) is 43.2 Å². The number of halogens is 1. The van der Waals surface area contributed by atoms with Crippen molar-refractivity contribution in [3.63, 3.8) is 0 Å². The molecule has 0 saturated heterocycles. The second-order valence-electron chi connectivity index (χ2n) is 5.73. The summed E-state index contributed by atoms with van der Waals surface area (Å²) in [6, 6.07) is 9.95. The fourth-order valence-corrected chi connectivity index (χ4v) is 3.05. The Labute approximate surface area is 120 Å². The van der Waals surface area contributed by atoms with Gasteiger partial charge < -0.3 is 5.32 Å². The van der Waals surface area contributed by atoms with E-state index in [2.05, 4.69) is 5.32 Å². The minimum absolute atomic E-state index is 0.124. The molecule has 19 heavy (non-hydrogen) atoms. The van der Waals surface area contributed by atoms with Gasteiger partial charge in [0.05, 0.1) is 5.54 Å². The van der Waals surface area contributed by atoms with E-state index in [4.69, 9.17) is 11.6 Å². The lowest BCUT2D eigenvalue weighted by Crippen LogP contribution is -2.45. The van der Waals surface area contributed by atoms with E-state index in [0.29, 0.717) is 18.2 Å². The van der Waals surface area contributed by atoms with Gasteiger partial charge in [-0.3, -0.25) is 4.79 Å². The molecule has 0 aliphatic heterocycles. The zero-order valence-electron chi connectivity index (χ0n) is 11.5. The Hall–Kier alpha value is -1.02. The maximum absolute atomic E-state index is 12.2. The van der Waals surface area contributed by atoms with Crippen LogP contribution >= 0.6 is 11.6 Å². The molecule has 1 N–H and O–H groups in total. The fraction of sp³-hybridized carbons (Fsp3) is 0.562. The summed E-state index contributed by atoms with van der Waals surface area (Å²) in [5, 5.41) is 3.12. The van der Waals surface area contributed by atoms with Crippen molar-refractivity contribution in [3.05, 3.63) is 35.9 Å². The van der Waals surface area contributed by atoms with Crippen LogP contribution in [0.1, 0.15) is 44.6 Å². The Morgan fingerprint density at radius 1 is 1.32 bits per heavy atom. The molecule has 3 heteroatoms. The molecule has 0 bridgehead atoms. The lowest BCUT2D eigenvalue weighted by Gasteiger charge is -2.29. The summed E-state index contributed by atoms with van der Waals surface area (Å²) in [4.78, 5) is 12.2. The van der Waals surface area contributed by atoms with E-state index in [-0.39, 0.29) is 5.91 Å². The Morgan fingerprint density at radius 2 is 1.95 bits per heavy atom. The van der Waals surface area contributed by atoms with Crippen LogP contribution in [0.15, 0.2) is 30.3 Å². The summed E-state index contributed by atoms with van der Waals surface area (Å²) >= 11 is 6.09. The number of carbonyl (C=O) groups excluding carboxylic acids is 1. The molecule has 0 radical (unpaired) electrons. The number of hydrogen-bond acceptors (Lipinski definition) is 1. The third kappa shape index (κ3) is 3.73. The molecule has 1 amide bonds. The van der Waals surface area contributed by atoms with Crippen LogP contribution in [0.2, 0.25) is 0 Å². The number of benzene rings is 1. The molecule has 1 fully saturated rings. The van der Waals surface area contributed by atoms with Gasteiger partial charge in [0.1, 0.15) is 0 Å². The summed E-state index contributed by atoms with van der Waals surface area (Å²) in [5.41, 5.74) is 0.586. The Kier molecular flexibility index (Phi) is 4.87. The van der Waals surface area contributed by atoms with Gasteiger partial charge in [-0.25, -0.2) is 0 Å². The summed E-state index contributed by atoms with van der Waals surface area (Å²) in [5.74, 6) is 1.07. The highest BCUT2D eigenvalue weighted by Gasteiger charge is 2.28. The second kappa shape index (κ2) is 6.42. The molecule has 0 aromatic heterocycles. The molecule has 0 spiro atoms. The van der Waals surface area contributed by atoms with E-state index in [9.17, 15) is 4.79 Å². The smallest absolute Gasteiger partial charge is 0.220 e. The quantitative estimate of drug-likeness (QED) is 0.815. The van der Waals surface area contributed by atoms with Gasteiger partial charge in [0.2, 0.25) is 5.91 Å². The van der Waals surface area contributed by atoms with Crippen LogP contribution in [0.4, 0.5) is 0 Å². The van der Waals surface area contributed by atoms with Crippen molar-refractivity contribution in [3.8, 4) is 0 Å². The SMILES string of the molecule is CC(CCl)(NC(=O)CC1CCCC1)c1ccccc1. The average Bonchev–Trinajstić information content (AvgIpc) is 2.92. The predicted molar refractivity (Wildman–Crippen MR) is 79.2 cm³/mol. The van der Waals surface area contributed by atoms with E-state index < -0.39 is 5.54 Å². The van der Waals surface area contributed by atoms with Crippen molar-refractivity contribution in [1.29, 1.82) is 0 Å². The lowest BCUT2D eigenvalue weighted by molar-refractivity contribution is -0.123. The minimum Gasteiger partial charge on any atom is -0.346 e. The van der Waals surface area contributed by atoms with Crippen LogP contribution in [-0.4, -0.2) is 11.8 Å². The molecule has 104 valence electrons. The van der Waals surface area contributed by atoms with Gasteiger partial charge in [0.25, 0.3) is 0 Å². The summed E-state index contributed by atoms with van der Waals surface area (Å²) in [7, 11) is 0. The summed E-state index contributed by atoms with van der Waals surface area (Å²) < 4.78 is 0.